The van der Waals surface area contributed by atoms with Crippen LogP contribution < -0.4 is 10.6 Å². The molecule has 1 heterocycles. The summed E-state index contributed by atoms with van der Waals surface area (Å²) in [5, 5.41) is 5.75. The summed E-state index contributed by atoms with van der Waals surface area (Å²) in [5.74, 6) is -0.682. The van der Waals surface area contributed by atoms with Gasteiger partial charge in [0.2, 0.25) is 0 Å². The van der Waals surface area contributed by atoms with E-state index < -0.39 is 17.6 Å². The van der Waals surface area contributed by atoms with E-state index in [0.717, 1.165) is 25.5 Å². The Morgan fingerprint density at radius 2 is 2.15 bits per heavy atom. The summed E-state index contributed by atoms with van der Waals surface area (Å²) >= 11 is 2.99. The average molecular weight is 351 g/mol. The van der Waals surface area contributed by atoms with E-state index in [1.165, 1.54) is 12.1 Å². The lowest BCUT2D eigenvalue weighted by Gasteiger charge is -2.24. The summed E-state index contributed by atoms with van der Waals surface area (Å²) in [4.78, 5) is 12.0. The summed E-state index contributed by atoms with van der Waals surface area (Å²) in [7, 11) is 0. The van der Waals surface area contributed by atoms with Gasteiger partial charge in [-0.1, -0.05) is 15.9 Å². The summed E-state index contributed by atoms with van der Waals surface area (Å²) in [6.45, 7) is 1.46. The first-order chi connectivity index (χ1) is 9.38. The Labute approximate surface area is 123 Å². The fourth-order valence-corrected chi connectivity index (χ4v) is 2.55. The van der Waals surface area contributed by atoms with E-state index in [2.05, 4.69) is 26.6 Å². The van der Waals surface area contributed by atoms with Gasteiger partial charge in [0, 0.05) is 17.1 Å². The van der Waals surface area contributed by atoms with Crippen LogP contribution in [0.3, 0.4) is 0 Å². The van der Waals surface area contributed by atoms with Gasteiger partial charge >= 0.3 is 6.18 Å². The van der Waals surface area contributed by atoms with Crippen LogP contribution in [0.4, 0.5) is 13.2 Å². The van der Waals surface area contributed by atoms with Gasteiger partial charge in [-0.15, -0.1) is 0 Å². The fraction of sp³-hybridized carbons (Fsp3) is 0.462. The molecule has 0 saturated carbocycles. The molecule has 0 radical (unpaired) electrons. The third-order valence-electron chi connectivity index (χ3n) is 3.16. The van der Waals surface area contributed by atoms with Crippen molar-refractivity contribution in [3.63, 3.8) is 0 Å². The molecule has 1 aliphatic heterocycles. The lowest BCUT2D eigenvalue weighted by Crippen LogP contribution is -2.45. The largest absolute Gasteiger partial charge is 0.417 e. The number of nitrogens with one attached hydrogen (secondary N) is 2. The molecule has 1 aromatic carbocycles. The van der Waals surface area contributed by atoms with Crippen LogP contribution in [0.5, 0.6) is 0 Å². The van der Waals surface area contributed by atoms with Crippen molar-refractivity contribution < 1.29 is 18.0 Å². The zero-order valence-electron chi connectivity index (χ0n) is 10.6. The maximum absolute atomic E-state index is 13.0. The smallest absolute Gasteiger partial charge is 0.348 e. The van der Waals surface area contributed by atoms with Gasteiger partial charge in [-0.2, -0.15) is 13.2 Å². The van der Waals surface area contributed by atoms with Gasteiger partial charge in [0.15, 0.2) is 0 Å². The Balaban J connectivity index is 2.20. The molecule has 20 heavy (non-hydrogen) atoms. The van der Waals surface area contributed by atoms with Crippen LogP contribution in [0.15, 0.2) is 22.7 Å². The van der Waals surface area contributed by atoms with E-state index in [1.807, 2.05) is 0 Å². The Morgan fingerprint density at radius 3 is 2.75 bits per heavy atom. The topological polar surface area (TPSA) is 41.1 Å². The molecule has 0 aromatic heterocycles. The maximum atomic E-state index is 13.0. The van der Waals surface area contributed by atoms with Gasteiger partial charge in [-0.05, 0) is 37.6 Å². The predicted molar refractivity (Wildman–Crippen MR) is 72.5 cm³/mol. The first-order valence-electron chi connectivity index (χ1n) is 6.26. The third kappa shape index (κ3) is 3.73. The van der Waals surface area contributed by atoms with Crippen LogP contribution in [-0.2, 0) is 6.18 Å². The second-order valence-electron chi connectivity index (χ2n) is 4.70. The van der Waals surface area contributed by atoms with E-state index in [4.69, 9.17) is 0 Å². The highest BCUT2D eigenvalue weighted by atomic mass is 79.9. The standard InChI is InChI=1S/C13H14BrF3N2O/c14-8-3-4-10(11(6-8)13(15,16)17)12(20)19-9-2-1-5-18-7-9/h3-4,6,9,18H,1-2,5,7H2,(H,19,20). The van der Waals surface area contributed by atoms with Crippen molar-refractivity contribution in [3.05, 3.63) is 33.8 Å². The zero-order valence-corrected chi connectivity index (χ0v) is 12.1. The van der Waals surface area contributed by atoms with Gasteiger partial charge in [-0.25, -0.2) is 0 Å². The highest BCUT2D eigenvalue weighted by Gasteiger charge is 2.35. The first-order valence-corrected chi connectivity index (χ1v) is 7.05. The van der Waals surface area contributed by atoms with Gasteiger partial charge in [-0.3, -0.25) is 4.79 Å². The Hall–Kier alpha value is -1.08. The van der Waals surface area contributed by atoms with Crippen molar-refractivity contribution >= 4 is 21.8 Å². The number of benzene rings is 1. The Kier molecular flexibility index (Phi) is 4.70. The minimum Gasteiger partial charge on any atom is -0.348 e. The number of alkyl halides is 3. The fourth-order valence-electron chi connectivity index (χ4n) is 2.19. The quantitative estimate of drug-likeness (QED) is 0.860. The van der Waals surface area contributed by atoms with Crippen molar-refractivity contribution in [2.75, 3.05) is 13.1 Å². The van der Waals surface area contributed by atoms with E-state index in [0.29, 0.717) is 11.0 Å². The van der Waals surface area contributed by atoms with Crippen molar-refractivity contribution in [3.8, 4) is 0 Å². The van der Waals surface area contributed by atoms with Crippen LogP contribution in [-0.4, -0.2) is 25.0 Å². The maximum Gasteiger partial charge on any atom is 0.417 e. The molecule has 1 unspecified atom stereocenters. The molecular weight excluding hydrogens is 337 g/mol. The molecule has 1 saturated heterocycles. The summed E-state index contributed by atoms with van der Waals surface area (Å²) < 4.78 is 39.2. The number of rotatable bonds is 2. The molecular formula is C13H14BrF3N2O. The minimum absolute atomic E-state index is 0.124. The minimum atomic E-state index is -4.55. The molecule has 1 amide bonds. The van der Waals surface area contributed by atoms with Gasteiger partial charge in [0.05, 0.1) is 11.1 Å². The molecule has 2 rings (SSSR count). The van der Waals surface area contributed by atoms with Crippen molar-refractivity contribution in [2.24, 2.45) is 0 Å². The molecule has 1 fully saturated rings. The highest BCUT2D eigenvalue weighted by molar-refractivity contribution is 9.10. The zero-order chi connectivity index (χ0) is 14.8. The molecule has 1 aromatic rings. The number of hydrogen-bond donors (Lipinski definition) is 2. The molecule has 3 nitrogen and oxygen atoms in total. The van der Waals surface area contributed by atoms with Crippen LogP contribution in [0.2, 0.25) is 0 Å². The van der Waals surface area contributed by atoms with Crippen LogP contribution in [0.25, 0.3) is 0 Å². The first kappa shape index (κ1) is 15.3. The number of amides is 1. The van der Waals surface area contributed by atoms with Crippen molar-refractivity contribution in [2.45, 2.75) is 25.1 Å². The van der Waals surface area contributed by atoms with E-state index in [9.17, 15) is 18.0 Å². The van der Waals surface area contributed by atoms with Crippen molar-refractivity contribution in [1.82, 2.24) is 10.6 Å². The molecule has 0 spiro atoms. The van der Waals surface area contributed by atoms with E-state index >= 15 is 0 Å². The lowest BCUT2D eigenvalue weighted by molar-refractivity contribution is -0.138. The second kappa shape index (κ2) is 6.13. The number of hydrogen-bond acceptors (Lipinski definition) is 2. The highest BCUT2D eigenvalue weighted by Crippen LogP contribution is 2.33. The van der Waals surface area contributed by atoms with E-state index in [-0.39, 0.29) is 11.6 Å². The summed E-state index contributed by atoms with van der Waals surface area (Å²) in [5.41, 5.74) is -1.26. The lowest BCUT2D eigenvalue weighted by atomic mass is 10.0. The molecule has 110 valence electrons. The van der Waals surface area contributed by atoms with Gasteiger partial charge in [0.25, 0.3) is 5.91 Å². The van der Waals surface area contributed by atoms with E-state index in [1.54, 1.807) is 0 Å². The predicted octanol–water partition coefficient (Wildman–Crippen LogP) is 2.95. The Bertz CT molecular complexity index is 499. The van der Waals surface area contributed by atoms with Crippen LogP contribution in [0.1, 0.15) is 28.8 Å². The number of halogens is 4. The monoisotopic (exact) mass is 350 g/mol. The van der Waals surface area contributed by atoms with Gasteiger partial charge in [0.1, 0.15) is 0 Å². The van der Waals surface area contributed by atoms with Gasteiger partial charge < -0.3 is 10.6 Å². The summed E-state index contributed by atoms with van der Waals surface area (Å²) in [6, 6.07) is 3.43. The normalized spacial score (nSPS) is 19.7. The van der Waals surface area contributed by atoms with Crippen molar-refractivity contribution in [1.29, 1.82) is 0 Å². The second-order valence-corrected chi connectivity index (χ2v) is 5.62. The van der Waals surface area contributed by atoms with Crippen LogP contribution in [0, 0.1) is 0 Å². The number of carbonyl (C=O) groups is 1. The average Bonchev–Trinajstić information content (AvgIpc) is 2.38. The molecule has 1 aliphatic rings. The summed E-state index contributed by atoms with van der Waals surface area (Å²) in [6.07, 6.45) is -2.88. The Morgan fingerprint density at radius 1 is 1.40 bits per heavy atom. The molecule has 7 heteroatoms. The number of piperidine rings is 1. The molecule has 1 atom stereocenters. The molecule has 2 N–H and O–H groups in total. The number of carbonyl (C=O) groups excluding carboxylic acids is 1. The molecule has 0 aliphatic carbocycles. The van der Waals surface area contributed by atoms with Crippen LogP contribution >= 0.6 is 15.9 Å². The third-order valence-corrected chi connectivity index (χ3v) is 3.66. The SMILES string of the molecule is O=C(NC1CCCNC1)c1ccc(Br)cc1C(F)(F)F. The molecule has 0 bridgehead atoms.